The van der Waals surface area contributed by atoms with Crippen molar-refractivity contribution in [3.05, 3.63) is 29.8 Å². The quantitative estimate of drug-likeness (QED) is 0.720. The molecule has 144 valence electrons. The van der Waals surface area contributed by atoms with Crippen LogP contribution in [0.3, 0.4) is 0 Å². The zero-order valence-corrected chi connectivity index (χ0v) is 16.3. The molecule has 1 aliphatic rings. The fourth-order valence-electron chi connectivity index (χ4n) is 2.84. The molecule has 1 saturated heterocycles. The molecule has 8 heteroatoms. The number of amides is 2. The molecule has 0 saturated carbocycles. The van der Waals surface area contributed by atoms with Crippen molar-refractivity contribution >= 4 is 21.8 Å². The smallest absolute Gasteiger partial charge is 0.309 e. The molecule has 2 N–H and O–H groups in total. The second-order valence-corrected chi connectivity index (χ2v) is 8.93. The summed E-state index contributed by atoms with van der Waals surface area (Å²) in [7, 11) is -3.61. The van der Waals surface area contributed by atoms with E-state index in [0.717, 1.165) is 12.0 Å². The van der Waals surface area contributed by atoms with Gasteiger partial charge in [0.25, 0.3) is 0 Å². The lowest BCUT2D eigenvalue weighted by Gasteiger charge is -2.24. The van der Waals surface area contributed by atoms with Gasteiger partial charge >= 0.3 is 11.8 Å². The number of carbonyl (C=O) groups excluding carboxylic acids is 2. The van der Waals surface area contributed by atoms with Crippen molar-refractivity contribution in [1.82, 2.24) is 14.9 Å². The van der Waals surface area contributed by atoms with E-state index in [9.17, 15) is 18.0 Å². The highest BCUT2D eigenvalue weighted by Crippen LogP contribution is 2.25. The van der Waals surface area contributed by atoms with Crippen molar-refractivity contribution in [3.63, 3.8) is 0 Å². The van der Waals surface area contributed by atoms with Gasteiger partial charge in [-0.1, -0.05) is 31.5 Å². The Kier molecular flexibility index (Phi) is 6.77. The van der Waals surface area contributed by atoms with Gasteiger partial charge in [-0.2, -0.15) is 4.31 Å². The fourth-order valence-corrected chi connectivity index (χ4v) is 4.54. The molecule has 1 fully saturated rings. The minimum absolute atomic E-state index is 0.124. The molecule has 2 amide bonds. The molecule has 0 radical (unpaired) electrons. The van der Waals surface area contributed by atoms with E-state index in [1.54, 1.807) is 24.3 Å². The van der Waals surface area contributed by atoms with Crippen molar-refractivity contribution in [3.8, 4) is 0 Å². The third kappa shape index (κ3) is 5.04. The van der Waals surface area contributed by atoms with Gasteiger partial charge in [0.2, 0.25) is 10.0 Å². The Labute approximate surface area is 155 Å². The number of hydrogen-bond donors (Lipinski definition) is 2. The van der Waals surface area contributed by atoms with Crippen LogP contribution in [0.4, 0.5) is 0 Å². The SMILES string of the molecule is Cc1ccc(S(=O)(=O)N2CCC[C@@H]2CNC(=O)C(=O)NCC(C)C)cc1. The number of hydrogen-bond acceptors (Lipinski definition) is 4. The molecule has 0 aliphatic carbocycles. The lowest BCUT2D eigenvalue weighted by Crippen LogP contribution is -2.47. The molecule has 1 heterocycles. The number of carbonyl (C=O) groups is 2. The summed E-state index contributed by atoms with van der Waals surface area (Å²) in [6, 6.07) is 6.37. The van der Waals surface area contributed by atoms with Gasteiger partial charge in [0.05, 0.1) is 4.90 Å². The Bertz CT molecular complexity index is 744. The van der Waals surface area contributed by atoms with Gasteiger partial charge in [-0.15, -0.1) is 0 Å². The summed E-state index contributed by atoms with van der Waals surface area (Å²) in [4.78, 5) is 23.9. The minimum Gasteiger partial charge on any atom is -0.348 e. The Balaban J connectivity index is 1.98. The number of nitrogens with zero attached hydrogens (tertiary/aromatic N) is 1. The molecule has 0 bridgehead atoms. The topological polar surface area (TPSA) is 95.6 Å². The predicted molar refractivity (Wildman–Crippen MR) is 99.0 cm³/mol. The highest BCUT2D eigenvalue weighted by molar-refractivity contribution is 7.89. The molecule has 26 heavy (non-hydrogen) atoms. The molecule has 0 aromatic heterocycles. The first-order chi connectivity index (χ1) is 12.2. The molecular formula is C18H27N3O4S. The van der Waals surface area contributed by atoms with Crippen LogP contribution < -0.4 is 10.6 Å². The minimum atomic E-state index is -3.61. The van der Waals surface area contributed by atoms with E-state index < -0.39 is 21.8 Å². The molecule has 1 aliphatic heterocycles. The molecule has 2 rings (SSSR count). The average molecular weight is 381 g/mol. The maximum absolute atomic E-state index is 12.8. The van der Waals surface area contributed by atoms with Crippen LogP contribution >= 0.6 is 0 Å². The highest BCUT2D eigenvalue weighted by Gasteiger charge is 2.35. The normalized spacial score (nSPS) is 18.1. The van der Waals surface area contributed by atoms with Crippen molar-refractivity contribution in [1.29, 1.82) is 0 Å². The van der Waals surface area contributed by atoms with Crippen LogP contribution in [0.25, 0.3) is 0 Å². The Hall–Kier alpha value is -1.93. The first-order valence-corrected chi connectivity index (χ1v) is 10.3. The van der Waals surface area contributed by atoms with Crippen molar-refractivity contribution < 1.29 is 18.0 Å². The number of rotatable bonds is 6. The van der Waals surface area contributed by atoms with E-state index in [1.807, 2.05) is 20.8 Å². The van der Waals surface area contributed by atoms with Gasteiger partial charge in [-0.05, 0) is 37.8 Å². The van der Waals surface area contributed by atoms with E-state index >= 15 is 0 Å². The highest BCUT2D eigenvalue weighted by atomic mass is 32.2. The summed E-state index contributed by atoms with van der Waals surface area (Å²) in [6.45, 7) is 6.73. The summed E-state index contributed by atoms with van der Waals surface area (Å²) >= 11 is 0. The molecule has 7 nitrogen and oxygen atoms in total. The third-order valence-corrected chi connectivity index (χ3v) is 6.29. The standard InChI is InChI=1S/C18H27N3O4S/c1-13(2)11-19-17(22)18(23)20-12-15-5-4-10-21(15)26(24,25)16-8-6-14(3)7-9-16/h6-9,13,15H,4-5,10-12H2,1-3H3,(H,19,22)(H,20,23)/t15-/m1/s1. The van der Waals surface area contributed by atoms with Crippen LogP contribution in [-0.4, -0.2) is 50.2 Å². The summed E-state index contributed by atoms with van der Waals surface area (Å²) in [6.07, 6.45) is 1.38. The van der Waals surface area contributed by atoms with Gasteiger partial charge in [0, 0.05) is 25.7 Å². The van der Waals surface area contributed by atoms with Crippen LogP contribution in [0.2, 0.25) is 0 Å². The van der Waals surface area contributed by atoms with Crippen LogP contribution in [0, 0.1) is 12.8 Å². The summed E-state index contributed by atoms with van der Waals surface area (Å²) < 4.78 is 27.1. The van der Waals surface area contributed by atoms with E-state index in [-0.39, 0.29) is 23.4 Å². The third-order valence-electron chi connectivity index (χ3n) is 4.33. The number of nitrogens with one attached hydrogen (secondary N) is 2. The van der Waals surface area contributed by atoms with Gasteiger partial charge in [0.1, 0.15) is 0 Å². The summed E-state index contributed by atoms with van der Waals surface area (Å²) in [5.41, 5.74) is 0.988. The first-order valence-electron chi connectivity index (χ1n) is 8.86. The van der Waals surface area contributed by atoms with Gasteiger partial charge in [-0.25, -0.2) is 8.42 Å². The Morgan fingerprint density at radius 1 is 1.15 bits per heavy atom. The second-order valence-electron chi connectivity index (χ2n) is 7.04. The maximum atomic E-state index is 12.8. The lowest BCUT2D eigenvalue weighted by molar-refractivity contribution is -0.139. The fraction of sp³-hybridized carbons (Fsp3) is 0.556. The number of benzene rings is 1. The average Bonchev–Trinajstić information content (AvgIpc) is 3.07. The molecule has 1 atom stereocenters. The van der Waals surface area contributed by atoms with Gasteiger partial charge < -0.3 is 10.6 Å². The second kappa shape index (κ2) is 8.64. The van der Waals surface area contributed by atoms with Crippen LogP contribution in [0.1, 0.15) is 32.3 Å². The zero-order chi connectivity index (χ0) is 19.3. The Morgan fingerprint density at radius 2 is 1.77 bits per heavy atom. The lowest BCUT2D eigenvalue weighted by atomic mass is 10.2. The van der Waals surface area contributed by atoms with Gasteiger partial charge in [0.15, 0.2) is 0 Å². The summed E-state index contributed by atoms with van der Waals surface area (Å²) in [5.74, 6) is -1.17. The molecule has 1 aromatic carbocycles. The van der Waals surface area contributed by atoms with E-state index in [4.69, 9.17) is 0 Å². The molecule has 1 aromatic rings. The molecule has 0 unspecified atom stereocenters. The van der Waals surface area contributed by atoms with Crippen molar-refractivity contribution in [2.75, 3.05) is 19.6 Å². The van der Waals surface area contributed by atoms with Crippen molar-refractivity contribution in [2.24, 2.45) is 5.92 Å². The van der Waals surface area contributed by atoms with E-state index in [2.05, 4.69) is 10.6 Å². The van der Waals surface area contributed by atoms with Crippen LogP contribution in [0.5, 0.6) is 0 Å². The summed E-state index contributed by atoms with van der Waals surface area (Å²) in [5, 5.41) is 5.10. The number of aryl methyl sites for hydroxylation is 1. The largest absolute Gasteiger partial charge is 0.348 e. The van der Waals surface area contributed by atoms with Crippen LogP contribution in [-0.2, 0) is 19.6 Å². The van der Waals surface area contributed by atoms with Gasteiger partial charge in [-0.3, -0.25) is 9.59 Å². The molecule has 0 spiro atoms. The van der Waals surface area contributed by atoms with E-state index in [1.165, 1.54) is 4.31 Å². The van der Waals surface area contributed by atoms with E-state index in [0.29, 0.717) is 19.5 Å². The Morgan fingerprint density at radius 3 is 2.38 bits per heavy atom. The predicted octanol–water partition coefficient (Wildman–Crippen LogP) is 1.04. The zero-order valence-electron chi connectivity index (χ0n) is 15.5. The van der Waals surface area contributed by atoms with Crippen molar-refractivity contribution in [2.45, 2.75) is 44.6 Å². The van der Waals surface area contributed by atoms with Crippen LogP contribution in [0.15, 0.2) is 29.2 Å². The first kappa shape index (κ1) is 20.4. The number of sulfonamides is 1. The maximum Gasteiger partial charge on any atom is 0.309 e. The monoisotopic (exact) mass is 381 g/mol. The molecular weight excluding hydrogens is 354 g/mol.